The van der Waals surface area contributed by atoms with Gasteiger partial charge in [-0.15, -0.1) is 0 Å². The SMILES string of the molecule is CC(C)(C)OC(=O)N[C@@](CC(=O)O)(C(=O)C1(C(N)=O)CC1c1ccccc1)C(C)(C)C. The van der Waals surface area contributed by atoms with Crippen molar-refractivity contribution in [1.29, 1.82) is 0 Å². The monoisotopic (exact) mass is 432 g/mol. The van der Waals surface area contributed by atoms with E-state index in [1.165, 1.54) is 0 Å². The number of carboxylic acids is 1. The van der Waals surface area contributed by atoms with E-state index in [1.807, 2.05) is 6.07 Å². The Bertz CT molecular complexity index is 884. The van der Waals surface area contributed by atoms with E-state index in [0.29, 0.717) is 0 Å². The number of hydrogen-bond acceptors (Lipinski definition) is 5. The zero-order chi connectivity index (χ0) is 23.8. The molecule has 1 aromatic carbocycles. The Morgan fingerprint density at radius 2 is 1.65 bits per heavy atom. The molecule has 0 saturated heterocycles. The van der Waals surface area contributed by atoms with Gasteiger partial charge in [0.05, 0.1) is 6.42 Å². The van der Waals surface area contributed by atoms with Gasteiger partial charge in [-0.25, -0.2) is 4.79 Å². The normalized spacial score (nSPS) is 22.7. The Morgan fingerprint density at radius 3 is 2.06 bits per heavy atom. The summed E-state index contributed by atoms with van der Waals surface area (Å²) in [5, 5.41) is 12.2. The third kappa shape index (κ3) is 4.73. The predicted molar refractivity (Wildman–Crippen MR) is 114 cm³/mol. The van der Waals surface area contributed by atoms with E-state index in [9.17, 15) is 24.3 Å². The number of rotatable bonds is 7. The summed E-state index contributed by atoms with van der Waals surface area (Å²) in [6, 6.07) is 8.97. The summed E-state index contributed by atoms with van der Waals surface area (Å²) in [7, 11) is 0. The van der Waals surface area contributed by atoms with Gasteiger partial charge in [0.25, 0.3) is 0 Å². The first-order valence-corrected chi connectivity index (χ1v) is 10.2. The molecule has 170 valence electrons. The number of carboxylic acid groups (broad SMARTS) is 1. The van der Waals surface area contributed by atoms with Crippen molar-refractivity contribution in [2.24, 2.45) is 16.6 Å². The summed E-state index contributed by atoms with van der Waals surface area (Å²) < 4.78 is 5.31. The minimum Gasteiger partial charge on any atom is -0.481 e. The smallest absolute Gasteiger partial charge is 0.408 e. The zero-order valence-electron chi connectivity index (χ0n) is 18.9. The van der Waals surface area contributed by atoms with Crippen LogP contribution in [0.2, 0.25) is 0 Å². The fraction of sp³-hybridized carbons (Fsp3) is 0.565. The Morgan fingerprint density at radius 1 is 1.10 bits per heavy atom. The van der Waals surface area contributed by atoms with Gasteiger partial charge in [-0.2, -0.15) is 0 Å². The number of primary amides is 1. The Kier molecular flexibility index (Phi) is 6.27. The molecule has 1 fully saturated rings. The van der Waals surface area contributed by atoms with E-state index in [1.54, 1.807) is 65.8 Å². The van der Waals surface area contributed by atoms with Crippen molar-refractivity contribution in [3.05, 3.63) is 35.9 Å². The number of carbonyl (C=O) groups excluding carboxylic acids is 3. The lowest BCUT2D eigenvalue weighted by atomic mass is 9.64. The standard InChI is InChI=1S/C23H32N2O6/c1-20(2,3)23(13-16(26)27,25-19(30)31-21(4,5)6)17(28)22(18(24)29)12-15(22)14-10-8-7-9-11-14/h7-11,15H,12-13H2,1-6H3,(H2,24,29)(H,25,30)(H,26,27)/t15?,22?,23-/m0/s1. The number of nitrogens with two attached hydrogens (primary N) is 1. The first-order chi connectivity index (χ1) is 14.1. The second-order valence-electron chi connectivity index (χ2n) is 10.2. The number of ether oxygens (including phenoxy) is 1. The molecule has 2 unspecified atom stereocenters. The molecule has 4 N–H and O–H groups in total. The lowest BCUT2D eigenvalue weighted by Crippen LogP contribution is -2.67. The summed E-state index contributed by atoms with van der Waals surface area (Å²) in [6.07, 6.45) is -1.50. The minimum atomic E-state index is -1.92. The Balaban J connectivity index is 2.58. The molecule has 3 atom stereocenters. The molecule has 1 aromatic rings. The molecule has 0 heterocycles. The molecule has 1 aliphatic rings. The molecule has 31 heavy (non-hydrogen) atoms. The van der Waals surface area contributed by atoms with Crippen LogP contribution in [-0.4, -0.2) is 40.0 Å². The number of alkyl carbamates (subject to hydrolysis) is 1. The maximum absolute atomic E-state index is 14.0. The van der Waals surface area contributed by atoms with E-state index in [4.69, 9.17) is 10.5 Å². The molecular formula is C23H32N2O6. The molecule has 2 amide bonds. The molecule has 2 rings (SSSR count). The van der Waals surface area contributed by atoms with Gasteiger partial charge < -0.3 is 20.9 Å². The van der Waals surface area contributed by atoms with E-state index in [0.717, 1.165) is 5.56 Å². The van der Waals surface area contributed by atoms with Gasteiger partial charge in [-0.3, -0.25) is 14.4 Å². The molecule has 1 saturated carbocycles. The fourth-order valence-corrected chi connectivity index (χ4v) is 4.05. The first-order valence-electron chi connectivity index (χ1n) is 10.2. The van der Waals surface area contributed by atoms with Crippen molar-refractivity contribution in [1.82, 2.24) is 5.32 Å². The van der Waals surface area contributed by atoms with Crippen molar-refractivity contribution in [3.63, 3.8) is 0 Å². The van der Waals surface area contributed by atoms with Gasteiger partial charge in [0, 0.05) is 5.92 Å². The third-order valence-corrected chi connectivity index (χ3v) is 5.81. The van der Waals surface area contributed by atoms with Crippen molar-refractivity contribution in [2.45, 2.75) is 71.4 Å². The van der Waals surface area contributed by atoms with E-state index < -0.39 is 58.1 Å². The van der Waals surface area contributed by atoms with Gasteiger partial charge in [0.15, 0.2) is 5.78 Å². The van der Waals surface area contributed by atoms with Crippen LogP contribution in [0.5, 0.6) is 0 Å². The molecule has 1 aliphatic carbocycles. The van der Waals surface area contributed by atoms with Crippen LogP contribution < -0.4 is 11.1 Å². The fourth-order valence-electron chi connectivity index (χ4n) is 4.05. The average molecular weight is 433 g/mol. The highest BCUT2D eigenvalue weighted by atomic mass is 16.6. The number of hydrogen-bond donors (Lipinski definition) is 3. The topological polar surface area (TPSA) is 136 Å². The van der Waals surface area contributed by atoms with Gasteiger partial charge in [-0.1, -0.05) is 51.1 Å². The summed E-state index contributed by atoms with van der Waals surface area (Å²) in [5.74, 6) is -3.33. The maximum atomic E-state index is 14.0. The quantitative estimate of drug-likeness (QED) is 0.567. The summed E-state index contributed by atoms with van der Waals surface area (Å²) in [4.78, 5) is 51.1. The van der Waals surface area contributed by atoms with Crippen LogP contribution in [0.15, 0.2) is 30.3 Å². The second-order valence-corrected chi connectivity index (χ2v) is 10.2. The molecule has 0 aromatic heterocycles. The molecule has 8 nitrogen and oxygen atoms in total. The summed E-state index contributed by atoms with van der Waals surface area (Å²) >= 11 is 0. The molecule has 0 radical (unpaired) electrons. The number of aliphatic carboxylic acids is 1. The van der Waals surface area contributed by atoms with Crippen LogP contribution in [0.4, 0.5) is 4.79 Å². The van der Waals surface area contributed by atoms with Crippen LogP contribution in [0.1, 0.15) is 65.9 Å². The van der Waals surface area contributed by atoms with E-state index in [-0.39, 0.29) is 6.42 Å². The summed E-state index contributed by atoms with van der Waals surface area (Å²) in [6.45, 7) is 9.88. The van der Waals surface area contributed by atoms with Gasteiger partial charge >= 0.3 is 12.1 Å². The van der Waals surface area contributed by atoms with Crippen LogP contribution >= 0.6 is 0 Å². The number of nitrogens with one attached hydrogen (secondary N) is 1. The molecule has 0 spiro atoms. The minimum absolute atomic E-state index is 0.151. The van der Waals surface area contributed by atoms with Gasteiger partial charge in [-0.05, 0) is 38.2 Å². The molecular weight excluding hydrogens is 400 g/mol. The van der Waals surface area contributed by atoms with Crippen molar-refractivity contribution in [3.8, 4) is 0 Å². The highest BCUT2D eigenvalue weighted by Gasteiger charge is 2.71. The summed E-state index contributed by atoms with van der Waals surface area (Å²) in [5.41, 5.74) is 1.01. The predicted octanol–water partition coefficient (Wildman–Crippen LogP) is 3.00. The Hall–Kier alpha value is -2.90. The highest BCUT2D eigenvalue weighted by molar-refractivity contribution is 6.15. The van der Waals surface area contributed by atoms with Crippen molar-refractivity contribution in [2.75, 3.05) is 0 Å². The molecule has 8 heteroatoms. The first kappa shape index (κ1) is 24.4. The number of amides is 2. The zero-order valence-corrected chi connectivity index (χ0v) is 18.9. The average Bonchev–Trinajstić information content (AvgIpc) is 3.35. The number of carbonyl (C=O) groups is 4. The van der Waals surface area contributed by atoms with Crippen molar-refractivity contribution >= 4 is 23.8 Å². The van der Waals surface area contributed by atoms with Crippen LogP contribution in [-0.2, 0) is 19.1 Å². The number of ketones is 1. The number of benzene rings is 1. The lowest BCUT2D eigenvalue weighted by Gasteiger charge is -2.44. The van der Waals surface area contributed by atoms with Crippen LogP contribution in [0.3, 0.4) is 0 Å². The third-order valence-electron chi connectivity index (χ3n) is 5.81. The van der Waals surface area contributed by atoms with Gasteiger partial charge in [0.1, 0.15) is 16.6 Å². The van der Waals surface area contributed by atoms with E-state index >= 15 is 0 Å². The second kappa shape index (κ2) is 7.98. The number of Topliss-reactive ketones (excluding diaryl/α,β-unsaturated/α-hetero) is 1. The maximum Gasteiger partial charge on any atom is 0.408 e. The van der Waals surface area contributed by atoms with Crippen LogP contribution in [0.25, 0.3) is 0 Å². The molecule has 0 bridgehead atoms. The largest absolute Gasteiger partial charge is 0.481 e. The lowest BCUT2D eigenvalue weighted by molar-refractivity contribution is -0.150. The van der Waals surface area contributed by atoms with Gasteiger partial charge in [0.2, 0.25) is 5.91 Å². The Labute approximate surface area is 182 Å². The van der Waals surface area contributed by atoms with Crippen molar-refractivity contribution < 1.29 is 29.0 Å². The highest BCUT2D eigenvalue weighted by Crippen LogP contribution is 2.62. The van der Waals surface area contributed by atoms with E-state index in [2.05, 4.69) is 5.32 Å². The van der Waals surface area contributed by atoms with Crippen LogP contribution in [0, 0.1) is 10.8 Å². The molecule has 0 aliphatic heterocycles.